The van der Waals surface area contributed by atoms with Gasteiger partial charge in [-0.2, -0.15) is 0 Å². The molecule has 0 spiro atoms. The molecule has 0 radical (unpaired) electrons. The Morgan fingerprint density at radius 3 is 0.709 bits per heavy atom. The van der Waals surface area contributed by atoms with Crippen molar-refractivity contribution in [1.29, 1.82) is 0 Å². The van der Waals surface area contributed by atoms with E-state index in [2.05, 4.69) is 414 Å². The molecule has 0 aliphatic carbocycles. The van der Waals surface area contributed by atoms with Crippen molar-refractivity contribution in [2.45, 2.75) is 157 Å². The van der Waals surface area contributed by atoms with Gasteiger partial charge in [0.25, 0.3) is 0 Å². The Balaban J connectivity index is 0.000000192. The van der Waals surface area contributed by atoms with Gasteiger partial charge in [-0.15, -0.1) is 0 Å². The van der Waals surface area contributed by atoms with Crippen LogP contribution in [0.15, 0.2) is 303 Å². The van der Waals surface area contributed by atoms with Crippen LogP contribution in [0.2, 0.25) is 0 Å². The van der Waals surface area contributed by atoms with Crippen molar-refractivity contribution in [3.05, 3.63) is 359 Å². The van der Waals surface area contributed by atoms with Crippen molar-refractivity contribution in [3.8, 4) is 0 Å². The fourth-order valence-electron chi connectivity index (χ4n) is 10.5. The van der Waals surface area contributed by atoms with E-state index in [1.807, 2.05) is 0 Å². The molecule has 10 aromatic rings. The second kappa shape index (κ2) is 33.8. The summed E-state index contributed by atoms with van der Waals surface area (Å²) in [5.41, 5.74) is 14.8. The molecule has 0 fully saturated rings. The molecule has 0 heterocycles. The predicted molar refractivity (Wildman–Crippen MR) is 378 cm³/mol. The Kier molecular flexibility index (Phi) is 27.1. The highest BCUT2D eigenvalue weighted by molar-refractivity contribution is 5.49. The maximum atomic E-state index is 2.36. The molecule has 3 unspecified atom stereocenters. The van der Waals surface area contributed by atoms with E-state index in [1.165, 1.54) is 62.1 Å². The van der Waals surface area contributed by atoms with Crippen LogP contribution in [-0.4, -0.2) is 0 Å². The monoisotopic (exact) mass is 1140 g/mol. The van der Waals surface area contributed by atoms with Crippen LogP contribution in [0.4, 0.5) is 0 Å². The Hall–Kier alpha value is -7.80. The van der Waals surface area contributed by atoms with Gasteiger partial charge in [0.2, 0.25) is 0 Å². The molecule has 86 heavy (non-hydrogen) atoms. The average Bonchev–Trinajstić information content (AvgIpc) is 1.65. The second-order valence-electron chi connectivity index (χ2n) is 26.6. The van der Waals surface area contributed by atoms with Crippen LogP contribution in [0.3, 0.4) is 0 Å². The van der Waals surface area contributed by atoms with Crippen LogP contribution < -0.4 is 0 Å². The molecule has 0 aliphatic heterocycles. The highest BCUT2D eigenvalue weighted by Crippen LogP contribution is 2.39. The predicted octanol–water partition coefficient (Wildman–Crippen LogP) is 24.5. The van der Waals surface area contributed by atoms with Gasteiger partial charge >= 0.3 is 0 Å². The van der Waals surface area contributed by atoms with Gasteiger partial charge in [-0.1, -0.05) is 407 Å². The smallest absolute Gasteiger partial charge is 0.0423 e. The molecule has 0 bridgehead atoms. The highest BCUT2D eigenvalue weighted by atomic mass is 14.3. The topological polar surface area (TPSA) is 0 Å². The number of rotatable bonds is 12. The number of hydrogen-bond donors (Lipinski definition) is 0. The van der Waals surface area contributed by atoms with Gasteiger partial charge in [-0.05, 0) is 109 Å². The van der Waals surface area contributed by atoms with E-state index in [9.17, 15) is 0 Å². The zero-order valence-electron chi connectivity index (χ0n) is 55.4. The minimum atomic E-state index is -0.121. The molecule has 0 N–H and O–H groups in total. The third-order valence-electron chi connectivity index (χ3n) is 18.0. The molecule has 3 atom stereocenters. The van der Waals surface area contributed by atoms with Gasteiger partial charge in [0, 0.05) is 10.8 Å². The SMILES string of the molecule is CC(C)(C)c1ccccc1.CC(C)(c1ccccc1)c1ccccc1.CC(c1ccccc1)(c1ccccc1)c1ccccc1.CC(c1ccccc1)C(C)(C)C.CC(c1ccccc1)C(C)C(C)c1ccccc1.CCC(C)(C)c1ccccc1. The van der Waals surface area contributed by atoms with Crippen LogP contribution in [-0.2, 0) is 21.7 Å². The van der Waals surface area contributed by atoms with Crippen molar-refractivity contribution in [1.82, 2.24) is 0 Å². The number of benzene rings is 10. The first-order chi connectivity index (χ1) is 41.0. The summed E-state index contributed by atoms with van der Waals surface area (Å²) >= 11 is 0. The molecule has 10 aromatic carbocycles. The van der Waals surface area contributed by atoms with Crippen LogP contribution >= 0.6 is 0 Å². The lowest BCUT2D eigenvalue weighted by Gasteiger charge is -2.31. The Morgan fingerprint density at radius 1 is 0.256 bits per heavy atom. The normalized spacial score (nSPS) is 12.7. The first-order valence-corrected chi connectivity index (χ1v) is 31.5. The third kappa shape index (κ3) is 21.0. The summed E-state index contributed by atoms with van der Waals surface area (Å²) < 4.78 is 0. The third-order valence-corrected chi connectivity index (χ3v) is 18.0. The molecular weight excluding hydrogens is 1030 g/mol. The lowest BCUT2D eigenvalue weighted by atomic mass is 9.71. The minimum Gasteiger partial charge on any atom is -0.0646 e. The second-order valence-corrected chi connectivity index (χ2v) is 26.6. The van der Waals surface area contributed by atoms with E-state index in [1.54, 1.807) is 0 Å². The summed E-state index contributed by atoms with van der Waals surface area (Å²) in [4.78, 5) is 0. The fourth-order valence-corrected chi connectivity index (χ4v) is 10.5. The summed E-state index contributed by atoms with van der Waals surface area (Å²) in [7, 11) is 0. The molecule has 0 saturated heterocycles. The summed E-state index contributed by atoms with van der Waals surface area (Å²) in [6.45, 7) is 36.4. The van der Waals surface area contributed by atoms with E-state index < -0.39 is 0 Å². The summed E-state index contributed by atoms with van der Waals surface area (Å²) in [6.07, 6.45) is 1.19. The molecule has 10 rings (SSSR count). The Labute approximate surface area is 523 Å². The fraction of sp³-hybridized carbons (Fsp3) is 0.302. The van der Waals surface area contributed by atoms with Crippen molar-refractivity contribution >= 4 is 0 Å². The summed E-state index contributed by atoms with van der Waals surface area (Å²) in [5, 5.41) is 0. The Bertz CT molecular complexity index is 3120. The van der Waals surface area contributed by atoms with Gasteiger partial charge in [0.15, 0.2) is 0 Å². The molecule has 0 aromatic heterocycles. The van der Waals surface area contributed by atoms with Crippen LogP contribution in [0.5, 0.6) is 0 Å². The molecular formula is C86H104. The van der Waals surface area contributed by atoms with Crippen molar-refractivity contribution in [3.63, 3.8) is 0 Å². The van der Waals surface area contributed by atoms with Gasteiger partial charge < -0.3 is 0 Å². The lowest BCUT2D eigenvalue weighted by molar-refractivity contribution is 0.339. The zero-order valence-corrected chi connectivity index (χ0v) is 55.4. The van der Waals surface area contributed by atoms with Gasteiger partial charge in [-0.25, -0.2) is 0 Å². The summed E-state index contributed by atoms with van der Waals surface area (Å²) in [6, 6.07) is 107. The highest BCUT2D eigenvalue weighted by Gasteiger charge is 2.31. The molecule has 0 amide bonds. The van der Waals surface area contributed by atoms with E-state index in [-0.39, 0.29) is 10.8 Å². The van der Waals surface area contributed by atoms with Gasteiger partial charge in [-0.3, -0.25) is 0 Å². The molecule has 0 nitrogen and oxygen atoms in total. The maximum Gasteiger partial charge on any atom is 0.0423 e. The Morgan fingerprint density at radius 2 is 0.477 bits per heavy atom. The zero-order chi connectivity index (χ0) is 62.6. The van der Waals surface area contributed by atoms with Crippen LogP contribution in [0.1, 0.15) is 191 Å². The standard InChI is InChI=1S/C20H18.C18H22.C15H16.C12H18.C11H16.C10H14/c1-20(17-11-5-2-6-12-17,18-13-7-3-8-14-18)19-15-9-4-10-16-19;1-14(15(2)17-10-6-4-7-11-17)16(3)18-12-8-5-9-13-18;1-15(2,13-9-5-3-6-10-13)14-11-7-4-8-12-14;1-10(12(2,3)4)11-8-6-5-7-9-11;1-4-11(2,3)10-8-6-5-7-9-10;1-10(2,3)9-7-5-4-6-8-9/h2-16H,1H3;4-16H,1-3H3;3-12H,1-2H3;5-10H,1-4H3;5-9H,4H2,1-3H3;4-8H,1-3H3. The first-order valence-electron chi connectivity index (χ1n) is 31.5. The first kappa shape index (κ1) is 69.0. The van der Waals surface area contributed by atoms with Crippen LogP contribution in [0.25, 0.3) is 0 Å². The van der Waals surface area contributed by atoms with E-state index in [4.69, 9.17) is 0 Å². The van der Waals surface area contributed by atoms with Crippen molar-refractivity contribution in [2.24, 2.45) is 11.3 Å². The lowest BCUT2D eigenvalue weighted by Crippen LogP contribution is -2.25. The number of hydrogen-bond acceptors (Lipinski definition) is 0. The van der Waals surface area contributed by atoms with Gasteiger partial charge in [0.1, 0.15) is 0 Å². The largest absolute Gasteiger partial charge is 0.0646 e. The molecule has 0 aliphatic rings. The molecule has 0 saturated carbocycles. The maximum absolute atomic E-state index is 2.36. The van der Waals surface area contributed by atoms with Crippen molar-refractivity contribution < 1.29 is 0 Å². The average molecular weight is 1140 g/mol. The molecule has 0 heteroatoms. The van der Waals surface area contributed by atoms with E-state index in [0.717, 1.165) is 0 Å². The summed E-state index contributed by atoms with van der Waals surface area (Å²) in [5.74, 6) is 2.43. The quantitative estimate of drug-likeness (QED) is 0.107. The van der Waals surface area contributed by atoms with Crippen molar-refractivity contribution in [2.75, 3.05) is 0 Å². The van der Waals surface area contributed by atoms with Gasteiger partial charge in [0.05, 0.1) is 0 Å². The van der Waals surface area contributed by atoms with E-state index in [0.29, 0.717) is 39.9 Å². The van der Waals surface area contributed by atoms with E-state index >= 15 is 0 Å². The minimum absolute atomic E-state index is 0.0858. The molecule has 448 valence electrons. The van der Waals surface area contributed by atoms with Crippen LogP contribution in [0, 0.1) is 11.3 Å².